The van der Waals surface area contributed by atoms with Crippen LogP contribution >= 0.6 is 0 Å². The highest BCUT2D eigenvalue weighted by Crippen LogP contribution is 2.27. The zero-order chi connectivity index (χ0) is 21.1. The molecule has 1 amide bonds. The molecule has 3 rings (SSSR count). The Bertz CT molecular complexity index is 1130. The van der Waals surface area contributed by atoms with E-state index in [1.54, 1.807) is 26.1 Å². The van der Waals surface area contributed by atoms with Crippen molar-refractivity contribution in [2.75, 3.05) is 0 Å². The minimum atomic E-state index is -0.892. The molecule has 3 aromatic rings. The lowest BCUT2D eigenvalue weighted by Crippen LogP contribution is -2.27. The van der Waals surface area contributed by atoms with Crippen molar-refractivity contribution in [1.82, 2.24) is 20.3 Å². The van der Waals surface area contributed by atoms with Gasteiger partial charge in [0.25, 0.3) is 5.56 Å². The van der Waals surface area contributed by atoms with Crippen LogP contribution in [0, 0.1) is 24.5 Å². The van der Waals surface area contributed by atoms with Gasteiger partial charge in [-0.05, 0) is 24.6 Å². The normalized spacial score (nSPS) is 11.0. The fourth-order valence-corrected chi connectivity index (χ4v) is 2.75. The Morgan fingerprint density at radius 3 is 2.66 bits per heavy atom. The van der Waals surface area contributed by atoms with Crippen molar-refractivity contribution in [1.29, 1.82) is 0 Å². The van der Waals surface area contributed by atoms with Gasteiger partial charge in [-0.1, -0.05) is 19.9 Å². The minimum Gasteiger partial charge on any atom is -0.352 e. The third kappa shape index (κ3) is 4.53. The van der Waals surface area contributed by atoms with E-state index in [1.807, 2.05) is 6.92 Å². The van der Waals surface area contributed by atoms with Gasteiger partial charge in [0.05, 0.1) is 11.3 Å². The molecule has 0 saturated heterocycles. The maximum Gasteiger partial charge on any atom is 0.251 e. The number of hydrogen-bond donors (Lipinski definition) is 2. The summed E-state index contributed by atoms with van der Waals surface area (Å²) in [6.45, 7) is 5.14. The van der Waals surface area contributed by atoms with E-state index in [0.29, 0.717) is 5.56 Å². The van der Waals surface area contributed by atoms with Crippen molar-refractivity contribution in [3.05, 3.63) is 69.8 Å². The van der Waals surface area contributed by atoms with Gasteiger partial charge in [-0.2, -0.15) is 0 Å². The zero-order valence-electron chi connectivity index (χ0n) is 16.2. The number of halogens is 2. The Morgan fingerprint density at radius 2 is 1.97 bits per heavy atom. The lowest BCUT2D eigenvalue weighted by molar-refractivity contribution is -0.124. The largest absolute Gasteiger partial charge is 0.352 e. The van der Waals surface area contributed by atoms with E-state index in [2.05, 4.69) is 20.3 Å². The number of hydrogen-bond acceptors (Lipinski definition) is 4. The van der Waals surface area contributed by atoms with E-state index in [9.17, 15) is 14.0 Å². The van der Waals surface area contributed by atoms with Crippen molar-refractivity contribution in [2.45, 2.75) is 27.3 Å². The number of nitrogens with one attached hydrogen (secondary N) is 2. The minimum absolute atomic E-state index is 0.0840. The molecule has 2 heterocycles. The Hall–Kier alpha value is -3.42. The Kier molecular flexibility index (Phi) is 5.81. The average molecular weight is 398 g/mol. The van der Waals surface area contributed by atoms with Crippen LogP contribution in [0.4, 0.5) is 8.78 Å². The Balaban J connectivity index is 2.05. The molecule has 0 spiro atoms. The lowest BCUT2D eigenvalue weighted by atomic mass is 10.1. The van der Waals surface area contributed by atoms with Gasteiger partial charge in [-0.3, -0.25) is 14.6 Å². The molecule has 0 aliphatic heterocycles. The summed E-state index contributed by atoms with van der Waals surface area (Å²) in [5.41, 5.74) is 0.729. The number of nitrogens with zero attached hydrogens (tertiary/aromatic N) is 2. The molecule has 1 aromatic carbocycles. The fraction of sp³-hybridized carbons (Fsp3) is 0.238. The summed E-state index contributed by atoms with van der Waals surface area (Å²) in [6.07, 6.45) is 3.16. The van der Waals surface area contributed by atoms with Crippen LogP contribution in [-0.2, 0) is 11.3 Å². The molecule has 0 aliphatic carbocycles. The maximum absolute atomic E-state index is 15.0. The number of aryl methyl sites for hydroxylation is 1. The van der Waals surface area contributed by atoms with Crippen LogP contribution in [0.1, 0.15) is 25.0 Å². The Morgan fingerprint density at radius 1 is 1.21 bits per heavy atom. The number of carbonyl (C=O) groups is 1. The number of carbonyl (C=O) groups excluding carboxylic acids is 1. The van der Waals surface area contributed by atoms with Crippen molar-refractivity contribution >= 4 is 5.91 Å². The van der Waals surface area contributed by atoms with Crippen molar-refractivity contribution in [3.8, 4) is 22.6 Å². The fourth-order valence-electron chi connectivity index (χ4n) is 2.75. The van der Waals surface area contributed by atoms with Crippen LogP contribution in [0.5, 0.6) is 0 Å². The smallest absolute Gasteiger partial charge is 0.251 e. The van der Waals surface area contributed by atoms with Crippen molar-refractivity contribution in [2.24, 2.45) is 5.92 Å². The topological polar surface area (TPSA) is 87.7 Å². The second kappa shape index (κ2) is 8.30. The molecular weight excluding hydrogens is 378 g/mol. The van der Waals surface area contributed by atoms with Crippen LogP contribution in [-0.4, -0.2) is 20.9 Å². The van der Waals surface area contributed by atoms with Gasteiger partial charge < -0.3 is 10.3 Å². The monoisotopic (exact) mass is 398 g/mol. The third-order valence-corrected chi connectivity index (χ3v) is 4.30. The van der Waals surface area contributed by atoms with Crippen molar-refractivity contribution < 1.29 is 13.6 Å². The van der Waals surface area contributed by atoms with Gasteiger partial charge >= 0.3 is 0 Å². The number of benzene rings is 1. The summed E-state index contributed by atoms with van der Waals surface area (Å²) in [5.74, 6) is -2.52. The molecule has 0 aliphatic rings. The van der Waals surface area contributed by atoms with Crippen LogP contribution in [0.2, 0.25) is 0 Å². The molecule has 6 nitrogen and oxygen atoms in total. The van der Waals surface area contributed by atoms with Crippen LogP contribution in [0.3, 0.4) is 0 Å². The molecule has 2 aromatic heterocycles. The molecule has 0 saturated carbocycles. The van der Waals surface area contributed by atoms with E-state index < -0.39 is 22.8 Å². The van der Waals surface area contributed by atoms with Gasteiger partial charge in [0.1, 0.15) is 17.5 Å². The average Bonchev–Trinajstić information content (AvgIpc) is 2.66. The summed E-state index contributed by atoms with van der Waals surface area (Å²) in [5, 5.41) is 2.59. The van der Waals surface area contributed by atoms with Gasteiger partial charge in [0.15, 0.2) is 0 Å². The molecule has 0 radical (unpaired) electrons. The lowest BCUT2D eigenvalue weighted by Gasteiger charge is -2.12. The number of aromatic amines is 1. The van der Waals surface area contributed by atoms with Crippen LogP contribution in [0.15, 0.2) is 41.5 Å². The first-order valence-corrected chi connectivity index (χ1v) is 9.04. The van der Waals surface area contributed by atoms with Gasteiger partial charge in [-0.25, -0.2) is 13.8 Å². The SMILES string of the molecule is Cc1cncc(-c2cc(=O)[nH]c(-c3c(F)ccc(CNC(=O)C(C)C)c3F)n2)c1. The summed E-state index contributed by atoms with van der Waals surface area (Å²) >= 11 is 0. The second-order valence-corrected chi connectivity index (χ2v) is 7.00. The van der Waals surface area contributed by atoms with E-state index in [0.717, 1.165) is 11.6 Å². The molecule has 2 N–H and O–H groups in total. The number of amides is 1. The van der Waals surface area contributed by atoms with E-state index in [1.165, 1.54) is 18.3 Å². The van der Waals surface area contributed by atoms with Gasteiger partial charge in [0.2, 0.25) is 5.91 Å². The summed E-state index contributed by atoms with van der Waals surface area (Å²) < 4.78 is 29.5. The number of pyridine rings is 1. The van der Waals surface area contributed by atoms with E-state index in [-0.39, 0.29) is 35.5 Å². The molecule has 150 valence electrons. The molecule has 0 atom stereocenters. The van der Waals surface area contributed by atoms with E-state index in [4.69, 9.17) is 0 Å². The first-order valence-electron chi connectivity index (χ1n) is 9.04. The third-order valence-electron chi connectivity index (χ3n) is 4.30. The molecule has 0 fully saturated rings. The van der Waals surface area contributed by atoms with Crippen LogP contribution in [0.25, 0.3) is 22.6 Å². The standard InChI is InChI=1S/C21H20F2N4O2/c1-11(2)21(29)25-10-13-4-5-15(22)18(19(13)23)20-26-16(7-17(28)27-20)14-6-12(3)8-24-9-14/h4-9,11H,10H2,1-3H3,(H,25,29)(H,26,27,28). The predicted octanol–water partition coefficient (Wildman–Crippen LogP) is 3.36. The highest BCUT2D eigenvalue weighted by molar-refractivity contribution is 5.77. The zero-order valence-corrected chi connectivity index (χ0v) is 16.2. The summed E-state index contributed by atoms with van der Waals surface area (Å²) in [7, 11) is 0. The predicted molar refractivity (Wildman–Crippen MR) is 105 cm³/mol. The maximum atomic E-state index is 15.0. The summed E-state index contributed by atoms with van der Waals surface area (Å²) in [6, 6.07) is 5.34. The second-order valence-electron chi connectivity index (χ2n) is 7.00. The molecule has 29 heavy (non-hydrogen) atoms. The first kappa shape index (κ1) is 20.3. The highest BCUT2D eigenvalue weighted by atomic mass is 19.1. The van der Waals surface area contributed by atoms with Gasteiger partial charge in [0, 0.05) is 42.0 Å². The molecule has 0 unspecified atom stereocenters. The van der Waals surface area contributed by atoms with Gasteiger partial charge in [-0.15, -0.1) is 0 Å². The van der Waals surface area contributed by atoms with Crippen molar-refractivity contribution in [3.63, 3.8) is 0 Å². The number of rotatable bonds is 5. The molecule has 0 bridgehead atoms. The Labute approximate surface area is 166 Å². The number of H-pyrrole nitrogens is 1. The van der Waals surface area contributed by atoms with E-state index >= 15 is 4.39 Å². The number of aromatic nitrogens is 3. The quantitative estimate of drug-likeness (QED) is 0.690. The van der Waals surface area contributed by atoms with Crippen LogP contribution < -0.4 is 10.9 Å². The molecule has 8 heteroatoms. The highest BCUT2D eigenvalue weighted by Gasteiger charge is 2.19. The first-order chi connectivity index (χ1) is 13.8. The molecular formula is C21H20F2N4O2. The summed E-state index contributed by atoms with van der Waals surface area (Å²) in [4.78, 5) is 34.6.